The molecule has 0 aromatic heterocycles. The third kappa shape index (κ3) is 9.23. The van der Waals surface area contributed by atoms with Crippen LogP contribution in [0.25, 0.3) is 0 Å². The van der Waals surface area contributed by atoms with Gasteiger partial charge in [-0.15, -0.1) is 0 Å². The molecule has 1 unspecified atom stereocenters. The summed E-state index contributed by atoms with van der Waals surface area (Å²) >= 11 is 1.51. The number of hydrogen-bond acceptors (Lipinski definition) is 7. The van der Waals surface area contributed by atoms with Gasteiger partial charge in [0, 0.05) is 5.69 Å². The van der Waals surface area contributed by atoms with E-state index in [0.717, 1.165) is 0 Å². The summed E-state index contributed by atoms with van der Waals surface area (Å²) in [7, 11) is -2.10. The van der Waals surface area contributed by atoms with Gasteiger partial charge in [-0.1, -0.05) is 0 Å². The molecule has 0 spiro atoms. The van der Waals surface area contributed by atoms with Crippen LogP contribution in [-0.2, 0) is 19.6 Å². The Morgan fingerprint density at radius 1 is 1.20 bits per heavy atom. The summed E-state index contributed by atoms with van der Waals surface area (Å²) < 4.78 is 36.8. The molecular formula is C19H31N3O6S2. The number of carbonyl (C=O) groups excluding carboxylic acids is 2. The predicted octanol–water partition coefficient (Wildman–Crippen LogP) is 3.04. The molecule has 0 aliphatic heterocycles. The fourth-order valence-corrected chi connectivity index (χ4v) is 3.60. The number of carbonyl (C=O) groups is 2. The highest BCUT2D eigenvalue weighted by Crippen LogP contribution is 2.28. The van der Waals surface area contributed by atoms with Crippen LogP contribution >= 0.6 is 11.8 Å². The van der Waals surface area contributed by atoms with Crippen molar-refractivity contribution in [1.82, 2.24) is 4.72 Å². The summed E-state index contributed by atoms with van der Waals surface area (Å²) in [4.78, 5) is 24.8. The summed E-state index contributed by atoms with van der Waals surface area (Å²) in [6.45, 7) is 6.73. The number of hydrogen-bond donors (Lipinski definition) is 3. The van der Waals surface area contributed by atoms with Crippen LogP contribution in [0.2, 0.25) is 0 Å². The molecule has 3 N–H and O–H groups in total. The van der Waals surface area contributed by atoms with Crippen molar-refractivity contribution in [1.29, 1.82) is 0 Å². The number of methoxy groups -OCH3 is 1. The van der Waals surface area contributed by atoms with Gasteiger partial charge in [-0.05, 0) is 64.3 Å². The largest absolute Gasteiger partial charge is 0.495 e. The van der Waals surface area contributed by atoms with Crippen LogP contribution in [0.15, 0.2) is 18.2 Å². The van der Waals surface area contributed by atoms with E-state index in [1.807, 2.05) is 6.26 Å². The highest BCUT2D eigenvalue weighted by atomic mass is 32.2. The molecule has 1 aromatic carbocycles. The maximum atomic E-state index is 12.7. The zero-order valence-corrected chi connectivity index (χ0v) is 19.8. The molecule has 0 saturated carbocycles. The maximum absolute atomic E-state index is 12.7. The Balaban J connectivity index is 3.01. The lowest BCUT2D eigenvalue weighted by Gasteiger charge is -2.21. The fourth-order valence-electron chi connectivity index (χ4n) is 2.31. The van der Waals surface area contributed by atoms with Gasteiger partial charge in [0.2, 0.25) is 15.9 Å². The molecule has 1 aromatic rings. The fraction of sp³-hybridized carbons (Fsp3) is 0.579. The average Bonchev–Trinajstić information content (AvgIpc) is 2.63. The first-order chi connectivity index (χ1) is 13.9. The van der Waals surface area contributed by atoms with Gasteiger partial charge in [-0.2, -0.15) is 11.8 Å². The summed E-state index contributed by atoms with van der Waals surface area (Å²) in [5.41, 5.74) is 0.000413. The van der Waals surface area contributed by atoms with Gasteiger partial charge >= 0.3 is 6.09 Å². The summed E-state index contributed by atoms with van der Waals surface area (Å²) in [6, 6.07) is 3.78. The zero-order chi connectivity index (χ0) is 22.9. The number of thioether (sulfide) groups is 1. The van der Waals surface area contributed by atoms with Gasteiger partial charge in [-0.25, -0.2) is 17.9 Å². The van der Waals surface area contributed by atoms with E-state index in [0.29, 0.717) is 29.3 Å². The molecule has 0 saturated heterocycles. The van der Waals surface area contributed by atoms with Crippen molar-refractivity contribution in [3.8, 4) is 5.75 Å². The van der Waals surface area contributed by atoms with Crippen LogP contribution in [0.4, 0.5) is 16.2 Å². The number of sulfonamides is 1. The number of amides is 2. The average molecular weight is 462 g/mol. The standard InChI is InChI=1S/C19H31N3O6S2/c1-7-30(25,26)22-14(10-11-29-6)17(23)20-13-8-9-16(27-5)15(12-13)21-18(24)28-19(2,3)4/h8-9,12,14,22H,7,10-11H2,1-6H3,(H,20,23)(H,21,24). The van der Waals surface area contributed by atoms with E-state index in [9.17, 15) is 18.0 Å². The second-order valence-corrected chi connectivity index (χ2v) is 10.4. The van der Waals surface area contributed by atoms with Gasteiger partial charge in [0.15, 0.2) is 0 Å². The lowest BCUT2D eigenvalue weighted by Crippen LogP contribution is -2.44. The first kappa shape index (κ1) is 26.1. The second kappa shape index (κ2) is 11.4. The van der Waals surface area contributed by atoms with Crippen molar-refractivity contribution in [3.05, 3.63) is 18.2 Å². The molecule has 2 amide bonds. The molecule has 170 valence electrons. The SMILES string of the molecule is CCS(=O)(=O)NC(CCSC)C(=O)Nc1ccc(OC)c(NC(=O)OC(C)(C)C)c1. The van der Waals surface area contributed by atoms with Gasteiger partial charge in [0.1, 0.15) is 17.4 Å². The highest BCUT2D eigenvalue weighted by Gasteiger charge is 2.24. The molecular weight excluding hydrogens is 430 g/mol. The number of benzene rings is 1. The molecule has 1 atom stereocenters. The van der Waals surface area contributed by atoms with E-state index in [4.69, 9.17) is 9.47 Å². The van der Waals surface area contributed by atoms with E-state index >= 15 is 0 Å². The quantitative estimate of drug-likeness (QED) is 0.489. The van der Waals surface area contributed by atoms with Crippen LogP contribution in [0.3, 0.4) is 0 Å². The zero-order valence-electron chi connectivity index (χ0n) is 18.2. The van der Waals surface area contributed by atoms with Crippen molar-refractivity contribution in [2.45, 2.75) is 45.8 Å². The van der Waals surface area contributed by atoms with E-state index in [2.05, 4.69) is 15.4 Å². The van der Waals surface area contributed by atoms with Crippen LogP contribution in [0, 0.1) is 0 Å². The molecule has 0 heterocycles. The monoisotopic (exact) mass is 461 g/mol. The molecule has 0 aliphatic rings. The van der Waals surface area contributed by atoms with Crippen molar-refractivity contribution < 1.29 is 27.5 Å². The minimum Gasteiger partial charge on any atom is -0.495 e. The molecule has 11 heteroatoms. The Bertz CT molecular complexity index is 837. The van der Waals surface area contributed by atoms with Crippen molar-refractivity contribution >= 4 is 45.2 Å². The van der Waals surface area contributed by atoms with Crippen LogP contribution in [-0.4, -0.2) is 56.9 Å². The van der Waals surface area contributed by atoms with Gasteiger partial charge in [-0.3, -0.25) is 10.1 Å². The predicted molar refractivity (Wildman–Crippen MR) is 121 cm³/mol. The van der Waals surface area contributed by atoms with E-state index < -0.39 is 33.7 Å². The molecule has 0 bridgehead atoms. The highest BCUT2D eigenvalue weighted by molar-refractivity contribution is 7.98. The molecule has 0 fully saturated rings. The number of anilines is 2. The molecule has 30 heavy (non-hydrogen) atoms. The molecule has 0 aliphatic carbocycles. The maximum Gasteiger partial charge on any atom is 0.412 e. The molecule has 0 radical (unpaired) electrons. The Morgan fingerprint density at radius 2 is 1.87 bits per heavy atom. The Hall–Kier alpha value is -1.98. The Morgan fingerprint density at radius 3 is 2.40 bits per heavy atom. The summed E-state index contributed by atoms with van der Waals surface area (Å²) in [6.07, 6.45) is 1.55. The van der Waals surface area contributed by atoms with E-state index in [-0.39, 0.29) is 5.75 Å². The summed E-state index contributed by atoms with van der Waals surface area (Å²) in [5.74, 6) is 0.375. The van der Waals surface area contributed by atoms with Crippen molar-refractivity contribution in [2.75, 3.05) is 35.5 Å². The topological polar surface area (TPSA) is 123 Å². The molecule has 9 nitrogen and oxygen atoms in total. The van der Waals surface area contributed by atoms with E-state index in [1.54, 1.807) is 32.9 Å². The lowest BCUT2D eigenvalue weighted by molar-refractivity contribution is -0.117. The molecule has 1 rings (SSSR count). The van der Waals surface area contributed by atoms with E-state index in [1.165, 1.54) is 31.9 Å². The first-order valence-electron chi connectivity index (χ1n) is 9.38. The minimum atomic E-state index is -3.55. The second-order valence-electron chi connectivity index (χ2n) is 7.39. The minimum absolute atomic E-state index is 0.122. The van der Waals surface area contributed by atoms with Crippen LogP contribution in [0.1, 0.15) is 34.1 Å². The van der Waals surface area contributed by atoms with Gasteiger partial charge in [0.25, 0.3) is 0 Å². The van der Waals surface area contributed by atoms with Crippen LogP contribution in [0.5, 0.6) is 5.75 Å². The van der Waals surface area contributed by atoms with Gasteiger partial charge in [0.05, 0.1) is 18.6 Å². The summed E-state index contributed by atoms with van der Waals surface area (Å²) in [5, 5.41) is 5.28. The number of ether oxygens (including phenoxy) is 2. The Labute approximate surface area is 182 Å². The Kier molecular flexibility index (Phi) is 9.92. The number of rotatable bonds is 10. The van der Waals surface area contributed by atoms with Crippen molar-refractivity contribution in [2.24, 2.45) is 0 Å². The first-order valence-corrected chi connectivity index (χ1v) is 12.4. The lowest BCUT2D eigenvalue weighted by atomic mass is 10.2. The van der Waals surface area contributed by atoms with Crippen LogP contribution < -0.4 is 20.1 Å². The smallest absolute Gasteiger partial charge is 0.412 e. The third-order valence-electron chi connectivity index (χ3n) is 3.73. The van der Waals surface area contributed by atoms with Crippen molar-refractivity contribution in [3.63, 3.8) is 0 Å². The third-order valence-corrected chi connectivity index (χ3v) is 5.78. The van der Waals surface area contributed by atoms with Gasteiger partial charge < -0.3 is 14.8 Å². The normalized spacial score (nSPS) is 12.7. The number of nitrogens with one attached hydrogen (secondary N) is 3.